The van der Waals surface area contributed by atoms with Crippen molar-refractivity contribution in [3.05, 3.63) is 39.7 Å². The Bertz CT molecular complexity index is 492. The summed E-state index contributed by atoms with van der Waals surface area (Å²) in [6.45, 7) is -0.446. The van der Waals surface area contributed by atoms with Gasteiger partial charge in [0, 0.05) is 24.6 Å². The third-order valence-corrected chi connectivity index (χ3v) is 3.14. The first-order chi connectivity index (χ1) is 7.85. The molecule has 2 N–H and O–H groups in total. The fourth-order valence-electron chi connectivity index (χ4n) is 1.99. The maximum Gasteiger partial charge on any atom is 0.305 e. The molecule has 0 amide bonds. The summed E-state index contributed by atoms with van der Waals surface area (Å²) in [6.07, 6.45) is -0.575. The summed E-state index contributed by atoms with van der Waals surface area (Å²) >= 11 is 0. The molecule has 0 heterocycles. The molecule has 1 saturated carbocycles. The normalized spacial score (nSPS) is 25.6. The molecule has 0 spiro atoms. The van der Waals surface area contributed by atoms with Crippen LogP contribution in [0.4, 0.5) is 18.9 Å². The zero-order valence-electron chi connectivity index (χ0n) is 8.62. The summed E-state index contributed by atoms with van der Waals surface area (Å²) in [7, 11) is 0. The van der Waals surface area contributed by atoms with Crippen LogP contribution in [0.2, 0.25) is 0 Å². The highest BCUT2D eigenvalue weighted by atomic mass is 19.3. The van der Waals surface area contributed by atoms with Crippen molar-refractivity contribution in [2.75, 3.05) is 6.54 Å². The Morgan fingerprint density at radius 2 is 2.06 bits per heavy atom. The summed E-state index contributed by atoms with van der Waals surface area (Å²) in [5.74, 6) is -4.32. The van der Waals surface area contributed by atoms with Gasteiger partial charge >= 0.3 is 5.69 Å². The molecule has 0 bridgehead atoms. The molecule has 0 saturated heterocycles. The number of rotatable bonds is 3. The number of halogens is 3. The zero-order chi connectivity index (χ0) is 12.8. The second-order valence-electron chi connectivity index (χ2n) is 4.06. The van der Waals surface area contributed by atoms with Crippen LogP contribution in [0, 0.1) is 15.9 Å². The van der Waals surface area contributed by atoms with E-state index in [2.05, 4.69) is 0 Å². The van der Waals surface area contributed by atoms with E-state index in [0.717, 1.165) is 12.1 Å². The molecule has 0 radical (unpaired) electrons. The van der Waals surface area contributed by atoms with Gasteiger partial charge in [0.05, 0.1) is 10.3 Å². The highest BCUT2D eigenvalue weighted by molar-refractivity contribution is 5.46. The Hall–Kier alpha value is -1.63. The van der Waals surface area contributed by atoms with Gasteiger partial charge in [-0.2, -0.15) is 4.39 Å². The molecular formula is C10H9F3N2O2. The number of hydrogen-bond acceptors (Lipinski definition) is 3. The molecule has 1 fully saturated rings. The Labute approximate surface area is 94.4 Å². The Morgan fingerprint density at radius 3 is 2.47 bits per heavy atom. The minimum Gasteiger partial charge on any atom is -0.329 e. The molecule has 1 aromatic carbocycles. The lowest BCUT2D eigenvalue weighted by Crippen LogP contribution is -2.28. The summed E-state index contributed by atoms with van der Waals surface area (Å²) < 4.78 is 40.2. The van der Waals surface area contributed by atoms with Gasteiger partial charge in [0.15, 0.2) is 0 Å². The molecule has 1 aromatic rings. The topological polar surface area (TPSA) is 69.2 Å². The van der Waals surface area contributed by atoms with Crippen molar-refractivity contribution in [2.24, 2.45) is 5.73 Å². The Kier molecular flexibility index (Phi) is 2.39. The number of nitrogens with zero attached hydrogens (tertiary/aromatic N) is 1. The van der Waals surface area contributed by atoms with Crippen LogP contribution in [0.1, 0.15) is 12.0 Å². The minimum atomic E-state index is -3.10. The molecule has 4 nitrogen and oxygen atoms in total. The van der Waals surface area contributed by atoms with Crippen LogP contribution in [0.25, 0.3) is 0 Å². The number of nitrogens with two attached hydrogens (primary N) is 1. The van der Waals surface area contributed by atoms with Crippen molar-refractivity contribution < 1.29 is 18.1 Å². The number of hydrogen-bond donors (Lipinski definition) is 1. The second-order valence-corrected chi connectivity index (χ2v) is 4.06. The van der Waals surface area contributed by atoms with E-state index in [0.29, 0.717) is 0 Å². The van der Waals surface area contributed by atoms with Crippen LogP contribution in [0.3, 0.4) is 0 Å². The third kappa shape index (κ3) is 1.49. The van der Waals surface area contributed by atoms with Gasteiger partial charge in [-0.1, -0.05) is 12.1 Å². The van der Waals surface area contributed by atoms with Gasteiger partial charge < -0.3 is 5.73 Å². The van der Waals surface area contributed by atoms with E-state index in [1.807, 2.05) is 0 Å². The van der Waals surface area contributed by atoms with Crippen molar-refractivity contribution >= 4 is 5.69 Å². The summed E-state index contributed by atoms with van der Waals surface area (Å²) in [6, 6.07) is 3.24. The maximum atomic E-state index is 13.8. The highest BCUT2D eigenvalue weighted by Gasteiger charge is 2.72. The van der Waals surface area contributed by atoms with Crippen LogP contribution in [0.15, 0.2) is 18.2 Å². The highest BCUT2D eigenvalue weighted by Crippen LogP contribution is 2.61. The van der Waals surface area contributed by atoms with Gasteiger partial charge in [0.1, 0.15) is 0 Å². The van der Waals surface area contributed by atoms with Gasteiger partial charge in [-0.3, -0.25) is 10.1 Å². The molecule has 2 rings (SSSR count). The van der Waals surface area contributed by atoms with Crippen LogP contribution in [-0.2, 0) is 5.41 Å². The molecule has 1 unspecified atom stereocenters. The smallest absolute Gasteiger partial charge is 0.305 e. The summed E-state index contributed by atoms with van der Waals surface area (Å²) in [5.41, 5.74) is 2.28. The second kappa shape index (κ2) is 3.43. The minimum absolute atomic E-state index is 0.376. The summed E-state index contributed by atoms with van der Waals surface area (Å²) in [5, 5.41) is 10.5. The van der Waals surface area contributed by atoms with Gasteiger partial charge in [-0.25, -0.2) is 8.78 Å². The van der Waals surface area contributed by atoms with E-state index in [1.54, 1.807) is 0 Å². The largest absolute Gasteiger partial charge is 0.329 e. The molecule has 0 aromatic heterocycles. The van der Waals surface area contributed by atoms with Gasteiger partial charge in [0.25, 0.3) is 5.92 Å². The van der Waals surface area contributed by atoms with Crippen molar-refractivity contribution in [2.45, 2.75) is 17.8 Å². The lowest BCUT2D eigenvalue weighted by atomic mass is 9.94. The van der Waals surface area contributed by atoms with Crippen molar-refractivity contribution in [3.63, 3.8) is 0 Å². The van der Waals surface area contributed by atoms with E-state index in [4.69, 9.17) is 5.73 Å². The molecule has 0 aliphatic heterocycles. The van der Waals surface area contributed by atoms with Gasteiger partial charge in [-0.05, 0) is 0 Å². The average molecular weight is 246 g/mol. The average Bonchev–Trinajstić information content (AvgIpc) is 2.82. The fraction of sp³-hybridized carbons (Fsp3) is 0.400. The molecular weight excluding hydrogens is 237 g/mol. The third-order valence-electron chi connectivity index (χ3n) is 3.14. The number of benzene rings is 1. The van der Waals surface area contributed by atoms with E-state index >= 15 is 0 Å². The SMILES string of the molecule is NCC1(c2cccc([N+](=O)[O-])c2F)CC1(F)F. The fourth-order valence-corrected chi connectivity index (χ4v) is 1.99. The lowest BCUT2D eigenvalue weighted by molar-refractivity contribution is -0.387. The van der Waals surface area contributed by atoms with Crippen molar-refractivity contribution in [3.8, 4) is 0 Å². The molecule has 92 valence electrons. The lowest BCUT2D eigenvalue weighted by Gasteiger charge is -2.14. The number of nitro benzene ring substituents is 1. The Balaban J connectivity index is 2.55. The number of nitro groups is 1. The van der Waals surface area contributed by atoms with E-state index in [-0.39, 0.29) is 5.56 Å². The Morgan fingerprint density at radius 1 is 1.47 bits per heavy atom. The number of alkyl halides is 2. The summed E-state index contributed by atoms with van der Waals surface area (Å²) in [4.78, 5) is 9.58. The molecule has 1 aliphatic rings. The first kappa shape index (κ1) is 11.8. The van der Waals surface area contributed by atoms with E-state index < -0.39 is 40.7 Å². The predicted molar refractivity (Wildman–Crippen MR) is 53.4 cm³/mol. The standard InChI is InChI=1S/C10H9F3N2O2/c11-8-6(2-1-3-7(8)15(16)17)9(5-14)4-10(9,12)13/h1-3H,4-5,14H2. The van der Waals surface area contributed by atoms with Gasteiger partial charge in [-0.15, -0.1) is 0 Å². The van der Waals surface area contributed by atoms with Crippen molar-refractivity contribution in [1.29, 1.82) is 0 Å². The maximum absolute atomic E-state index is 13.8. The first-order valence-corrected chi connectivity index (χ1v) is 4.87. The molecule has 1 atom stereocenters. The molecule has 17 heavy (non-hydrogen) atoms. The molecule has 1 aliphatic carbocycles. The quantitative estimate of drug-likeness (QED) is 0.654. The van der Waals surface area contributed by atoms with Crippen LogP contribution in [-0.4, -0.2) is 17.4 Å². The van der Waals surface area contributed by atoms with Crippen LogP contribution < -0.4 is 5.73 Å². The zero-order valence-corrected chi connectivity index (χ0v) is 8.62. The van der Waals surface area contributed by atoms with Gasteiger partial charge in [0.2, 0.25) is 5.82 Å². The van der Waals surface area contributed by atoms with Crippen LogP contribution in [0.5, 0.6) is 0 Å². The molecule has 7 heteroatoms. The van der Waals surface area contributed by atoms with Crippen molar-refractivity contribution in [1.82, 2.24) is 0 Å². The van der Waals surface area contributed by atoms with Crippen LogP contribution >= 0.6 is 0 Å². The first-order valence-electron chi connectivity index (χ1n) is 4.87. The monoisotopic (exact) mass is 246 g/mol. The predicted octanol–water partition coefficient (Wildman–Crippen LogP) is 1.97. The van der Waals surface area contributed by atoms with E-state index in [9.17, 15) is 23.3 Å². The van der Waals surface area contributed by atoms with E-state index in [1.165, 1.54) is 6.07 Å².